The van der Waals surface area contributed by atoms with E-state index in [0.29, 0.717) is 17.5 Å². The lowest BCUT2D eigenvalue weighted by Gasteiger charge is -2.21. The maximum Gasteiger partial charge on any atom is 0.336 e. The van der Waals surface area contributed by atoms with Crippen molar-refractivity contribution in [1.29, 1.82) is 0 Å². The molecular weight excluding hydrogens is 732 g/mol. The Balaban J connectivity index is -0.000000659. The number of phenolic OH excluding ortho intramolecular Hbond substituents is 2. The van der Waals surface area contributed by atoms with E-state index < -0.39 is 36.9 Å². The Bertz CT molecular complexity index is 1450. The molecule has 2 amide bonds. The number of aliphatic hydroxyl groups is 3. The fourth-order valence-electron chi connectivity index (χ4n) is 3.99. The molecule has 4 atom stereocenters. The molecule has 3 aromatic rings. The second-order valence-electron chi connectivity index (χ2n) is 11.0. The largest absolute Gasteiger partial charge is 0.508 e. The van der Waals surface area contributed by atoms with Crippen LogP contribution in [-0.4, -0.2) is 123 Å². The third-order valence-electron chi connectivity index (χ3n) is 7.21. The van der Waals surface area contributed by atoms with Gasteiger partial charge in [0.1, 0.15) is 29.8 Å². The third kappa shape index (κ3) is 23.3. The Morgan fingerprint density at radius 1 is 0.607 bits per heavy atom. The molecule has 16 nitrogen and oxygen atoms in total. The molecule has 0 saturated heterocycles. The van der Waals surface area contributed by atoms with E-state index in [1.54, 1.807) is 81.7 Å². The molecular formula is C40H64N2O14. The highest BCUT2D eigenvalue weighted by Crippen LogP contribution is 2.27. The average molecular weight is 797 g/mol. The minimum atomic E-state index is -1.14. The van der Waals surface area contributed by atoms with Crippen molar-refractivity contribution in [2.45, 2.75) is 78.0 Å². The second kappa shape index (κ2) is 33.7. The first-order valence-electron chi connectivity index (χ1n) is 17.4. The highest BCUT2D eigenvalue weighted by molar-refractivity contribution is 5.89. The molecule has 0 spiro atoms. The Labute approximate surface area is 331 Å². The lowest BCUT2D eigenvalue weighted by molar-refractivity contribution is -0.166. The van der Waals surface area contributed by atoms with Crippen molar-refractivity contribution in [2.75, 3.05) is 49.6 Å². The van der Waals surface area contributed by atoms with E-state index in [2.05, 4.69) is 10.6 Å². The number of benzene rings is 3. The number of hydrogen-bond donors (Lipinski definition) is 8. The number of ether oxygens (including phenoxy) is 5. The molecule has 3 aromatic carbocycles. The first kappa shape index (κ1) is 55.7. The van der Waals surface area contributed by atoms with Crippen LogP contribution in [0.3, 0.4) is 0 Å². The highest BCUT2D eigenvalue weighted by atomic mass is 16.7. The highest BCUT2D eigenvalue weighted by Gasteiger charge is 2.24. The Hall–Kier alpha value is -4.65. The first-order chi connectivity index (χ1) is 26.5. The summed E-state index contributed by atoms with van der Waals surface area (Å²) in [6.45, 7) is 8.69. The predicted molar refractivity (Wildman–Crippen MR) is 212 cm³/mol. The SMILES string of the molecule is CC.CNC(C)=O.CNC(C)=O.COC(C)C(O)c1ccccc1O.COC(OC)C(O)Cc1ccccc1O.COC(OC)C(O)c1ccccc1C(=O)O. The zero-order chi connectivity index (χ0) is 43.8. The number of rotatable bonds is 13. The first-order valence-corrected chi connectivity index (χ1v) is 17.4. The quantitative estimate of drug-likeness (QED) is 0.114. The number of carboxylic acids is 1. The topological polar surface area (TPSA) is 243 Å². The molecule has 3 rings (SSSR count). The van der Waals surface area contributed by atoms with Crippen molar-refractivity contribution >= 4 is 17.8 Å². The molecule has 0 radical (unpaired) electrons. The number of aromatic carboxylic acids is 1. The van der Waals surface area contributed by atoms with Crippen LogP contribution < -0.4 is 10.6 Å². The van der Waals surface area contributed by atoms with E-state index in [1.165, 1.54) is 61.5 Å². The van der Waals surface area contributed by atoms with Crippen LogP contribution in [0.25, 0.3) is 0 Å². The number of carbonyl (C=O) groups excluding carboxylic acids is 2. The van der Waals surface area contributed by atoms with Crippen LogP contribution in [-0.2, 0) is 39.7 Å². The molecule has 0 heterocycles. The minimum Gasteiger partial charge on any atom is -0.508 e. The Kier molecular flexibility index (Phi) is 33.5. The molecule has 0 bridgehead atoms. The maximum atomic E-state index is 10.9. The molecule has 56 heavy (non-hydrogen) atoms. The molecule has 0 aliphatic rings. The van der Waals surface area contributed by atoms with Crippen molar-refractivity contribution in [3.8, 4) is 11.5 Å². The van der Waals surface area contributed by atoms with E-state index >= 15 is 0 Å². The van der Waals surface area contributed by atoms with Gasteiger partial charge in [-0.3, -0.25) is 9.59 Å². The normalized spacial score (nSPS) is 12.0. The van der Waals surface area contributed by atoms with Crippen LogP contribution in [0.5, 0.6) is 11.5 Å². The number of nitrogens with one attached hydrogen (secondary N) is 2. The zero-order valence-electron chi connectivity index (χ0n) is 34.5. The van der Waals surface area contributed by atoms with Gasteiger partial charge in [-0.1, -0.05) is 68.4 Å². The number of carbonyl (C=O) groups is 3. The standard InChI is InChI=1S/C11H14O5.C11H16O4.C10H14O3.2C3H7NO.C2H6/c1-15-11(16-2)9(12)7-5-3-4-6-8(7)10(13)14;1-14-11(15-2)10(13)7-8-5-3-4-6-9(8)12;1-7(13-2)10(12)8-5-3-4-6-9(8)11;2*1-3(5)4-2;1-2/h3-6,9,11-12H,1-2H3,(H,13,14);3-6,10-13H,7H2,1-2H3;3-7,10-12H,1-2H3;2*1-2H3,(H,4,5);1-2H3. The van der Waals surface area contributed by atoms with Gasteiger partial charge < -0.3 is 65.0 Å². The summed E-state index contributed by atoms with van der Waals surface area (Å²) in [5.41, 5.74) is 1.47. The van der Waals surface area contributed by atoms with Crippen molar-refractivity contribution in [1.82, 2.24) is 10.6 Å². The molecule has 8 N–H and O–H groups in total. The van der Waals surface area contributed by atoms with Crippen LogP contribution in [0, 0.1) is 0 Å². The molecule has 16 heteroatoms. The third-order valence-corrected chi connectivity index (χ3v) is 7.21. The van der Waals surface area contributed by atoms with Crippen molar-refractivity contribution in [2.24, 2.45) is 0 Å². The van der Waals surface area contributed by atoms with Crippen LogP contribution in [0.2, 0.25) is 0 Å². The zero-order valence-corrected chi connectivity index (χ0v) is 34.5. The fourth-order valence-corrected chi connectivity index (χ4v) is 3.99. The summed E-state index contributed by atoms with van der Waals surface area (Å²) in [6.07, 6.45) is -4.32. The number of aliphatic hydroxyl groups excluding tert-OH is 3. The lowest BCUT2D eigenvalue weighted by Crippen LogP contribution is -2.31. The van der Waals surface area contributed by atoms with Gasteiger partial charge in [0.05, 0.1) is 11.7 Å². The number of methoxy groups -OCH3 is 5. The van der Waals surface area contributed by atoms with Crippen LogP contribution >= 0.6 is 0 Å². The monoisotopic (exact) mass is 796 g/mol. The van der Waals surface area contributed by atoms with Gasteiger partial charge in [0.15, 0.2) is 12.6 Å². The van der Waals surface area contributed by atoms with E-state index in [0.717, 1.165) is 0 Å². The van der Waals surface area contributed by atoms with E-state index in [9.17, 15) is 39.9 Å². The Morgan fingerprint density at radius 2 is 1.00 bits per heavy atom. The fraction of sp³-hybridized carbons (Fsp3) is 0.475. The number of amides is 2. The number of para-hydroxylation sites is 2. The average Bonchev–Trinajstić information content (AvgIpc) is 3.20. The van der Waals surface area contributed by atoms with Crippen molar-refractivity contribution in [3.63, 3.8) is 0 Å². The van der Waals surface area contributed by atoms with E-state index in [1.807, 2.05) is 13.8 Å². The summed E-state index contributed by atoms with van der Waals surface area (Å²) in [7, 11) is 10.4. The molecule has 0 saturated carbocycles. The van der Waals surface area contributed by atoms with Gasteiger partial charge in [0.25, 0.3) is 0 Å². The number of hydrogen-bond acceptors (Lipinski definition) is 13. The van der Waals surface area contributed by atoms with E-state index in [-0.39, 0.29) is 40.5 Å². The molecule has 4 unspecified atom stereocenters. The van der Waals surface area contributed by atoms with Gasteiger partial charge in [-0.05, 0) is 30.7 Å². The van der Waals surface area contributed by atoms with Gasteiger partial charge in [0, 0.05) is 81.0 Å². The number of aromatic hydroxyl groups is 2. The summed E-state index contributed by atoms with van der Waals surface area (Å²) in [6, 6.07) is 19.7. The van der Waals surface area contributed by atoms with Gasteiger partial charge in [-0.2, -0.15) is 0 Å². The van der Waals surface area contributed by atoms with Crippen molar-refractivity contribution < 1.29 is 68.7 Å². The second-order valence-corrected chi connectivity index (χ2v) is 11.0. The summed E-state index contributed by atoms with van der Waals surface area (Å²) < 4.78 is 24.6. The van der Waals surface area contributed by atoms with Gasteiger partial charge >= 0.3 is 5.97 Å². The lowest BCUT2D eigenvalue weighted by atomic mass is 10.0. The predicted octanol–water partition coefficient (Wildman–Crippen LogP) is 3.94. The van der Waals surface area contributed by atoms with Crippen LogP contribution in [0.15, 0.2) is 72.8 Å². The maximum absolute atomic E-state index is 10.9. The summed E-state index contributed by atoms with van der Waals surface area (Å²) in [4.78, 5) is 30.3. The van der Waals surface area contributed by atoms with Crippen molar-refractivity contribution in [3.05, 3.63) is 95.1 Å². The minimum absolute atomic E-state index is 0.00463. The molecule has 0 aliphatic heterocycles. The van der Waals surface area contributed by atoms with Crippen LogP contribution in [0.4, 0.5) is 0 Å². The molecule has 0 aliphatic carbocycles. The van der Waals surface area contributed by atoms with Crippen LogP contribution in [0.1, 0.15) is 73.9 Å². The summed E-state index contributed by atoms with van der Waals surface area (Å²) in [5, 5.41) is 61.9. The number of phenols is 2. The molecule has 318 valence electrons. The van der Waals surface area contributed by atoms with Gasteiger partial charge in [-0.25, -0.2) is 4.79 Å². The van der Waals surface area contributed by atoms with Gasteiger partial charge in [-0.15, -0.1) is 0 Å². The smallest absolute Gasteiger partial charge is 0.336 e. The summed E-state index contributed by atoms with van der Waals surface area (Å²) >= 11 is 0. The Morgan fingerprint density at radius 3 is 1.38 bits per heavy atom. The summed E-state index contributed by atoms with van der Waals surface area (Å²) in [5.74, 6) is -0.822. The number of carboxylic acid groups (broad SMARTS) is 1. The molecule has 0 fully saturated rings. The molecule has 0 aromatic heterocycles. The van der Waals surface area contributed by atoms with Gasteiger partial charge in [0.2, 0.25) is 11.8 Å². The van der Waals surface area contributed by atoms with E-state index in [4.69, 9.17) is 28.8 Å².